The van der Waals surface area contributed by atoms with Gasteiger partial charge in [-0.3, -0.25) is 0 Å². The Morgan fingerprint density at radius 1 is 1.47 bits per heavy atom. The number of rotatable bonds is 2. The number of hydrogen-bond donors (Lipinski definition) is 1. The van der Waals surface area contributed by atoms with Crippen molar-refractivity contribution >= 4 is 17.2 Å². The van der Waals surface area contributed by atoms with Crippen molar-refractivity contribution in [3.8, 4) is 5.75 Å². The molecule has 0 aromatic carbocycles. The quantitative estimate of drug-likeness (QED) is 0.819. The molecule has 17 heavy (non-hydrogen) atoms. The van der Waals surface area contributed by atoms with Crippen molar-refractivity contribution in [2.24, 2.45) is 11.8 Å². The highest BCUT2D eigenvalue weighted by Crippen LogP contribution is 2.41. The Morgan fingerprint density at radius 2 is 2.35 bits per heavy atom. The smallest absolute Gasteiger partial charge is 0.171 e. The largest absolute Gasteiger partial charge is 0.494 e. The Bertz CT molecular complexity index is 472. The van der Waals surface area contributed by atoms with Crippen LogP contribution < -0.4 is 10.1 Å². The molecule has 0 amide bonds. The second kappa shape index (κ2) is 4.31. The van der Waals surface area contributed by atoms with E-state index in [0.717, 1.165) is 31.0 Å². The number of nitrogens with zero attached hydrogens (tertiary/aromatic N) is 1. The van der Waals surface area contributed by atoms with Gasteiger partial charge in [-0.2, -0.15) is 0 Å². The molecule has 0 unspecified atom stereocenters. The summed E-state index contributed by atoms with van der Waals surface area (Å²) < 4.78 is 5.22. The number of fused-ring (bicyclic) bond motifs is 1. The third kappa shape index (κ3) is 1.83. The number of aromatic nitrogens is 1. The lowest BCUT2D eigenvalue weighted by atomic mass is 9.91. The number of ether oxygens (including phenoxy) is 1. The number of pyridine rings is 1. The predicted molar refractivity (Wildman–Crippen MR) is 68.2 cm³/mol. The average molecular weight is 251 g/mol. The van der Waals surface area contributed by atoms with E-state index in [0.29, 0.717) is 16.8 Å². The summed E-state index contributed by atoms with van der Waals surface area (Å²) in [6, 6.07) is 1.99. The van der Waals surface area contributed by atoms with Crippen molar-refractivity contribution in [2.75, 3.05) is 20.2 Å². The van der Waals surface area contributed by atoms with E-state index in [-0.39, 0.29) is 0 Å². The van der Waals surface area contributed by atoms with Crippen LogP contribution in [0.3, 0.4) is 0 Å². The monoisotopic (exact) mass is 250 g/mol. The summed E-state index contributed by atoms with van der Waals surface area (Å²) in [6.07, 6.45) is 5.34. The third-order valence-electron chi connectivity index (χ3n) is 3.74. The van der Waals surface area contributed by atoms with Gasteiger partial charge in [0.1, 0.15) is 0 Å². The maximum atomic E-state index is 5.95. The second-order valence-electron chi connectivity index (χ2n) is 4.64. The number of allylic oxidation sites excluding steroid dienone is 1. The highest BCUT2D eigenvalue weighted by atomic mass is 35.5. The molecule has 1 aromatic rings. The summed E-state index contributed by atoms with van der Waals surface area (Å²) >= 11 is 5.95. The Hall–Kier alpha value is -1.06. The number of halogens is 1. The van der Waals surface area contributed by atoms with Crippen LogP contribution in [-0.2, 0) is 0 Å². The van der Waals surface area contributed by atoms with Gasteiger partial charge in [0.25, 0.3) is 0 Å². The fraction of sp³-hybridized carbons (Fsp3) is 0.462. The normalized spacial score (nSPS) is 26.8. The van der Waals surface area contributed by atoms with Gasteiger partial charge in [0, 0.05) is 18.7 Å². The van der Waals surface area contributed by atoms with E-state index < -0.39 is 0 Å². The molecule has 90 valence electrons. The van der Waals surface area contributed by atoms with Gasteiger partial charge in [-0.15, -0.1) is 0 Å². The number of methoxy groups -OCH3 is 1. The molecule has 2 aliphatic rings. The van der Waals surface area contributed by atoms with Crippen molar-refractivity contribution < 1.29 is 4.74 Å². The first-order valence-corrected chi connectivity index (χ1v) is 6.28. The van der Waals surface area contributed by atoms with Gasteiger partial charge in [0.05, 0.1) is 7.11 Å². The number of hydrogen-bond acceptors (Lipinski definition) is 3. The van der Waals surface area contributed by atoms with E-state index in [9.17, 15) is 0 Å². The third-order valence-corrected chi connectivity index (χ3v) is 4.02. The first-order valence-electron chi connectivity index (χ1n) is 5.90. The molecule has 0 saturated carbocycles. The van der Waals surface area contributed by atoms with Crippen LogP contribution in [0, 0.1) is 11.8 Å². The Labute approximate surface area is 106 Å². The molecule has 0 bridgehead atoms. The van der Waals surface area contributed by atoms with Gasteiger partial charge in [-0.1, -0.05) is 17.7 Å². The molecule has 3 rings (SSSR count). The Kier molecular flexibility index (Phi) is 2.81. The van der Waals surface area contributed by atoms with Gasteiger partial charge in [-0.05, 0) is 36.1 Å². The van der Waals surface area contributed by atoms with E-state index in [2.05, 4.69) is 16.4 Å². The number of nitrogens with one attached hydrogen (secondary N) is 1. The van der Waals surface area contributed by atoms with Gasteiger partial charge in [-0.25, -0.2) is 4.98 Å². The highest BCUT2D eigenvalue weighted by Gasteiger charge is 2.34. The molecule has 2 heterocycles. The molecule has 1 N–H and O–H groups in total. The maximum absolute atomic E-state index is 5.95. The molecule has 0 radical (unpaired) electrons. The summed E-state index contributed by atoms with van der Waals surface area (Å²) in [7, 11) is 1.62. The van der Waals surface area contributed by atoms with Gasteiger partial charge in [0.2, 0.25) is 0 Å². The standard InChI is InChI=1S/C13H15ClN2O/c1-17-12-4-9(6-16-13(12)14)10-3-2-8-5-15-7-11(8)10/h3-4,6,8,11,15H,2,5,7H2,1H3/t8-,11+/m0/s1. The molecule has 1 saturated heterocycles. The van der Waals surface area contributed by atoms with E-state index in [1.807, 2.05) is 12.3 Å². The molecule has 1 aromatic heterocycles. The summed E-state index contributed by atoms with van der Waals surface area (Å²) in [5, 5.41) is 3.87. The van der Waals surface area contributed by atoms with Crippen molar-refractivity contribution in [3.63, 3.8) is 0 Å². The lowest BCUT2D eigenvalue weighted by Crippen LogP contribution is -2.10. The summed E-state index contributed by atoms with van der Waals surface area (Å²) in [4.78, 5) is 4.19. The maximum Gasteiger partial charge on any atom is 0.171 e. The van der Waals surface area contributed by atoms with Crippen LogP contribution >= 0.6 is 11.6 Å². The van der Waals surface area contributed by atoms with Crippen molar-refractivity contribution in [2.45, 2.75) is 6.42 Å². The summed E-state index contributed by atoms with van der Waals surface area (Å²) in [5.41, 5.74) is 2.53. The van der Waals surface area contributed by atoms with E-state index in [1.54, 1.807) is 7.11 Å². The molecule has 0 spiro atoms. The Morgan fingerprint density at radius 3 is 3.18 bits per heavy atom. The summed E-state index contributed by atoms with van der Waals surface area (Å²) in [5.74, 6) is 2.04. The lowest BCUT2D eigenvalue weighted by molar-refractivity contribution is 0.413. The zero-order valence-corrected chi connectivity index (χ0v) is 10.5. The first kappa shape index (κ1) is 11.1. The van der Waals surface area contributed by atoms with Crippen LogP contribution in [0.4, 0.5) is 0 Å². The molecule has 3 nitrogen and oxygen atoms in total. The van der Waals surface area contributed by atoms with Gasteiger partial charge < -0.3 is 10.1 Å². The van der Waals surface area contributed by atoms with Crippen LogP contribution in [0.5, 0.6) is 5.75 Å². The average Bonchev–Trinajstić information content (AvgIpc) is 2.92. The van der Waals surface area contributed by atoms with Crippen LogP contribution in [0.15, 0.2) is 18.3 Å². The second-order valence-corrected chi connectivity index (χ2v) is 5.00. The molecule has 1 fully saturated rings. The lowest BCUT2D eigenvalue weighted by Gasteiger charge is -2.14. The minimum atomic E-state index is 0.427. The first-order chi connectivity index (χ1) is 8.29. The zero-order chi connectivity index (χ0) is 11.8. The van der Waals surface area contributed by atoms with Crippen LogP contribution in [0.2, 0.25) is 5.15 Å². The summed E-state index contributed by atoms with van der Waals surface area (Å²) in [6.45, 7) is 2.20. The van der Waals surface area contributed by atoms with Crippen LogP contribution in [-0.4, -0.2) is 25.2 Å². The molecule has 1 aliphatic heterocycles. The topological polar surface area (TPSA) is 34.1 Å². The fourth-order valence-corrected chi connectivity index (χ4v) is 3.02. The van der Waals surface area contributed by atoms with E-state index in [4.69, 9.17) is 16.3 Å². The van der Waals surface area contributed by atoms with Crippen molar-refractivity contribution in [1.82, 2.24) is 10.3 Å². The van der Waals surface area contributed by atoms with E-state index >= 15 is 0 Å². The van der Waals surface area contributed by atoms with Crippen LogP contribution in [0.25, 0.3) is 5.57 Å². The fourth-order valence-electron chi connectivity index (χ4n) is 2.84. The molecule has 4 heteroatoms. The zero-order valence-electron chi connectivity index (χ0n) is 9.74. The predicted octanol–water partition coefficient (Wildman–Crippen LogP) is 2.37. The SMILES string of the molecule is COc1cc(C2=CC[C@H]3CNC[C@@H]23)cnc1Cl. The van der Waals surface area contributed by atoms with Crippen molar-refractivity contribution in [3.05, 3.63) is 29.1 Å². The minimum absolute atomic E-state index is 0.427. The van der Waals surface area contributed by atoms with E-state index in [1.165, 1.54) is 5.57 Å². The van der Waals surface area contributed by atoms with Crippen molar-refractivity contribution in [1.29, 1.82) is 0 Å². The molecule has 2 atom stereocenters. The molecule has 1 aliphatic carbocycles. The molecular formula is C13H15ClN2O. The minimum Gasteiger partial charge on any atom is -0.494 e. The highest BCUT2D eigenvalue weighted by molar-refractivity contribution is 6.30. The van der Waals surface area contributed by atoms with Gasteiger partial charge in [0.15, 0.2) is 10.9 Å². The van der Waals surface area contributed by atoms with Gasteiger partial charge >= 0.3 is 0 Å². The van der Waals surface area contributed by atoms with Crippen LogP contribution in [0.1, 0.15) is 12.0 Å². The molecular weight excluding hydrogens is 236 g/mol. The Balaban J connectivity index is 1.94.